The topological polar surface area (TPSA) is 112 Å². The van der Waals surface area contributed by atoms with Gasteiger partial charge in [-0.15, -0.1) is 0 Å². The Kier molecular flexibility index (Phi) is 7.07. The summed E-state index contributed by atoms with van der Waals surface area (Å²) in [6, 6.07) is 7.32. The van der Waals surface area contributed by atoms with Gasteiger partial charge < -0.3 is 30.0 Å². The predicted octanol–water partition coefficient (Wildman–Crippen LogP) is 2.41. The predicted molar refractivity (Wildman–Crippen MR) is 103 cm³/mol. The maximum Gasteiger partial charge on any atom is 0.383 e. The van der Waals surface area contributed by atoms with Crippen LogP contribution in [-0.2, 0) is 6.54 Å². The molecule has 1 aliphatic rings. The second kappa shape index (κ2) is 9.72. The van der Waals surface area contributed by atoms with Gasteiger partial charge in [-0.2, -0.15) is 0 Å². The number of hydrogen-bond donors (Lipinski definition) is 2. The molecule has 1 aliphatic heterocycles. The van der Waals surface area contributed by atoms with Crippen molar-refractivity contribution >= 4 is 17.4 Å². The fourth-order valence-electron chi connectivity index (χ4n) is 2.91. The number of aliphatic hydroxyl groups excluding tert-OH is 1. The van der Waals surface area contributed by atoms with Crippen LogP contribution in [0.15, 0.2) is 30.5 Å². The van der Waals surface area contributed by atoms with Gasteiger partial charge in [0, 0.05) is 6.54 Å². The minimum absolute atomic E-state index is 0.0177. The average molecular weight is 411 g/mol. The summed E-state index contributed by atoms with van der Waals surface area (Å²) < 4.78 is 13.0. The number of ether oxygens (including phenoxy) is 2. The molecule has 10 heteroatoms. The third kappa shape index (κ3) is 5.82. The van der Waals surface area contributed by atoms with Crippen LogP contribution in [0.2, 0.25) is 5.28 Å². The van der Waals surface area contributed by atoms with Crippen LogP contribution in [0.5, 0.6) is 11.5 Å². The summed E-state index contributed by atoms with van der Waals surface area (Å²) in [4.78, 5) is 13.7. The highest BCUT2D eigenvalue weighted by atomic mass is 35.5. The van der Waals surface area contributed by atoms with E-state index in [-0.39, 0.29) is 23.8 Å². The van der Waals surface area contributed by atoms with Crippen molar-refractivity contribution in [1.29, 1.82) is 0 Å². The van der Waals surface area contributed by atoms with Crippen molar-refractivity contribution in [2.45, 2.75) is 38.0 Å². The SMILES string of the molecule is O=[N+]([O-])c1cn(CC[C@H](O)COc2ccc(OC3CCNCC3)cc2)c(Cl)n1. The number of aliphatic hydroxyl groups is 1. The first-order valence-corrected chi connectivity index (χ1v) is 9.54. The zero-order chi connectivity index (χ0) is 19.9. The number of benzene rings is 1. The summed E-state index contributed by atoms with van der Waals surface area (Å²) in [5, 5.41) is 24.1. The first-order valence-electron chi connectivity index (χ1n) is 9.16. The third-order valence-electron chi connectivity index (χ3n) is 4.46. The molecule has 9 nitrogen and oxygen atoms in total. The van der Waals surface area contributed by atoms with Gasteiger partial charge in [-0.05, 0) is 78.1 Å². The number of rotatable bonds is 9. The standard InChI is InChI=1S/C18H23ClN4O5/c19-18-21-17(23(25)26)11-22(18)10-7-13(24)12-27-14-1-3-15(4-2-14)28-16-5-8-20-9-6-16/h1-4,11,13,16,20,24H,5-10,12H2/t13-/m0/s1. The largest absolute Gasteiger partial charge is 0.491 e. The van der Waals surface area contributed by atoms with Crippen molar-refractivity contribution in [1.82, 2.24) is 14.9 Å². The van der Waals surface area contributed by atoms with Gasteiger partial charge in [-0.25, -0.2) is 0 Å². The van der Waals surface area contributed by atoms with Gasteiger partial charge in [0.15, 0.2) is 0 Å². The van der Waals surface area contributed by atoms with Gasteiger partial charge in [0.1, 0.15) is 30.4 Å². The highest BCUT2D eigenvalue weighted by Crippen LogP contribution is 2.21. The van der Waals surface area contributed by atoms with Crippen molar-refractivity contribution in [3.05, 3.63) is 45.9 Å². The molecule has 0 unspecified atom stereocenters. The Balaban J connectivity index is 1.41. The molecule has 28 heavy (non-hydrogen) atoms. The highest BCUT2D eigenvalue weighted by molar-refractivity contribution is 6.28. The number of aromatic nitrogens is 2. The van der Waals surface area contributed by atoms with Crippen LogP contribution < -0.4 is 14.8 Å². The zero-order valence-corrected chi connectivity index (χ0v) is 16.0. The van der Waals surface area contributed by atoms with Gasteiger partial charge in [-0.3, -0.25) is 4.57 Å². The van der Waals surface area contributed by atoms with E-state index in [0.29, 0.717) is 18.7 Å². The molecule has 1 saturated heterocycles. The Morgan fingerprint density at radius 3 is 2.64 bits per heavy atom. The first kappa shape index (κ1) is 20.4. The molecule has 0 bridgehead atoms. The van der Waals surface area contributed by atoms with E-state index in [4.69, 9.17) is 21.1 Å². The van der Waals surface area contributed by atoms with E-state index in [2.05, 4.69) is 10.3 Å². The number of halogens is 1. The summed E-state index contributed by atoms with van der Waals surface area (Å²) in [5.41, 5.74) is 0. The number of nitrogens with one attached hydrogen (secondary N) is 1. The van der Waals surface area contributed by atoms with Crippen LogP contribution in [0.25, 0.3) is 0 Å². The van der Waals surface area contributed by atoms with Crippen LogP contribution in [-0.4, -0.2) is 51.5 Å². The molecule has 0 saturated carbocycles. The quantitative estimate of drug-likeness (QED) is 0.482. The lowest BCUT2D eigenvalue weighted by Crippen LogP contribution is -2.34. The Morgan fingerprint density at radius 2 is 2.00 bits per heavy atom. The molecule has 0 spiro atoms. The monoisotopic (exact) mass is 410 g/mol. The van der Waals surface area contributed by atoms with Crippen LogP contribution in [0.3, 0.4) is 0 Å². The molecular formula is C18H23ClN4O5. The molecule has 0 aliphatic carbocycles. The average Bonchev–Trinajstić information content (AvgIpc) is 3.08. The Bertz CT molecular complexity index is 777. The van der Waals surface area contributed by atoms with Crippen molar-refractivity contribution in [3.8, 4) is 11.5 Å². The molecule has 1 aromatic heterocycles. The molecule has 2 aromatic rings. The van der Waals surface area contributed by atoms with Gasteiger partial charge in [0.05, 0.1) is 6.10 Å². The van der Waals surface area contributed by atoms with Crippen molar-refractivity contribution in [2.75, 3.05) is 19.7 Å². The fraction of sp³-hybridized carbons (Fsp3) is 0.500. The maximum atomic E-state index is 10.7. The van der Waals surface area contributed by atoms with E-state index in [1.54, 1.807) is 12.1 Å². The molecule has 152 valence electrons. The first-order chi connectivity index (χ1) is 13.5. The van der Waals surface area contributed by atoms with Crippen molar-refractivity contribution in [2.24, 2.45) is 0 Å². The Labute approximate surface area is 167 Å². The fourth-order valence-corrected chi connectivity index (χ4v) is 3.13. The van der Waals surface area contributed by atoms with E-state index in [1.807, 2.05) is 12.1 Å². The second-order valence-corrected chi connectivity index (χ2v) is 6.95. The van der Waals surface area contributed by atoms with Crippen LogP contribution in [0, 0.1) is 10.1 Å². The van der Waals surface area contributed by atoms with E-state index < -0.39 is 11.0 Å². The van der Waals surface area contributed by atoms with Crippen LogP contribution >= 0.6 is 11.6 Å². The normalized spacial score (nSPS) is 15.9. The summed E-state index contributed by atoms with van der Waals surface area (Å²) in [6.45, 7) is 2.35. The Hall–Kier alpha value is -2.36. The minimum Gasteiger partial charge on any atom is -0.491 e. The summed E-state index contributed by atoms with van der Waals surface area (Å²) >= 11 is 5.85. The number of hydrogen-bond acceptors (Lipinski definition) is 7. The highest BCUT2D eigenvalue weighted by Gasteiger charge is 2.18. The summed E-state index contributed by atoms with van der Waals surface area (Å²) in [6.07, 6.45) is 3.05. The number of imidazole rings is 1. The maximum absolute atomic E-state index is 10.7. The number of piperidine rings is 1. The zero-order valence-electron chi connectivity index (χ0n) is 15.3. The number of nitrogens with zero attached hydrogens (tertiary/aromatic N) is 3. The molecule has 1 fully saturated rings. The van der Waals surface area contributed by atoms with Crippen molar-refractivity contribution in [3.63, 3.8) is 0 Å². The molecule has 2 heterocycles. The van der Waals surface area contributed by atoms with Gasteiger partial charge in [0.25, 0.3) is 0 Å². The number of nitro groups is 1. The van der Waals surface area contributed by atoms with Gasteiger partial charge in [-0.1, -0.05) is 0 Å². The molecule has 0 amide bonds. The van der Waals surface area contributed by atoms with Gasteiger partial charge >= 0.3 is 11.1 Å². The molecule has 0 radical (unpaired) electrons. The van der Waals surface area contributed by atoms with Gasteiger partial charge in [0.2, 0.25) is 0 Å². The minimum atomic E-state index is -0.747. The molecule has 2 N–H and O–H groups in total. The Morgan fingerprint density at radius 1 is 1.32 bits per heavy atom. The van der Waals surface area contributed by atoms with E-state index in [9.17, 15) is 15.2 Å². The smallest absolute Gasteiger partial charge is 0.383 e. The summed E-state index contributed by atoms with van der Waals surface area (Å²) in [7, 11) is 0. The van der Waals surface area contributed by atoms with Crippen LogP contribution in [0.4, 0.5) is 5.82 Å². The molecule has 1 atom stereocenters. The lowest BCUT2D eigenvalue weighted by atomic mass is 10.1. The van der Waals surface area contributed by atoms with E-state index in [1.165, 1.54) is 10.8 Å². The van der Waals surface area contributed by atoms with E-state index in [0.717, 1.165) is 31.7 Å². The van der Waals surface area contributed by atoms with Crippen molar-refractivity contribution < 1.29 is 19.5 Å². The second-order valence-electron chi connectivity index (χ2n) is 6.61. The van der Waals surface area contributed by atoms with E-state index >= 15 is 0 Å². The number of aryl methyl sites for hydroxylation is 1. The third-order valence-corrected chi connectivity index (χ3v) is 4.76. The lowest BCUT2D eigenvalue weighted by molar-refractivity contribution is -0.389. The van der Waals surface area contributed by atoms with Crippen LogP contribution in [0.1, 0.15) is 19.3 Å². The molecule has 1 aromatic carbocycles. The molecule has 3 rings (SSSR count). The lowest BCUT2D eigenvalue weighted by Gasteiger charge is -2.23. The summed E-state index contributed by atoms with van der Waals surface area (Å²) in [5.74, 6) is 1.12. The molecular weight excluding hydrogens is 388 g/mol.